The largest absolute Gasteiger partial charge is 0.359 e. The van der Waals surface area contributed by atoms with Crippen LogP contribution < -0.4 is 4.65 Å². The first kappa shape index (κ1) is 19.3. The molecule has 0 aromatic rings. The molecule has 0 amide bonds. The summed E-state index contributed by atoms with van der Waals surface area (Å²) in [4.78, 5) is 4.59. The van der Waals surface area contributed by atoms with Crippen LogP contribution in [0.2, 0.25) is 38.3 Å². The average Bonchev–Trinajstić information content (AvgIpc) is 2.12. The van der Waals surface area contributed by atoms with Crippen LogP contribution in [0, 0.1) is 0 Å². The molecule has 0 aromatic heterocycles. The topological polar surface area (TPSA) is 18.5 Å². The maximum atomic E-state index is 4.12. The van der Waals surface area contributed by atoms with Gasteiger partial charge >= 0.3 is 0 Å². The fraction of sp³-hybridized carbons (Fsp3) is 1.00. The second-order valence-corrected chi connectivity index (χ2v) is 17.2. The van der Waals surface area contributed by atoms with Crippen LogP contribution in [0.3, 0.4) is 0 Å². The van der Waals surface area contributed by atoms with Gasteiger partial charge in [-0.25, -0.2) is 0 Å². The maximum absolute atomic E-state index is 4.12. The third kappa shape index (κ3) is 11.8. The predicted octanol–water partition coefficient (Wildman–Crippen LogP) is 2.89. The summed E-state index contributed by atoms with van der Waals surface area (Å²) < 4.78 is 4.12. The SMILES string of the molecule is CN(C)CCC[Si](C)(C)N[Si](C)(C)CCCN(C)C. The monoisotopic (exact) mass is 303 g/mol. The van der Waals surface area contributed by atoms with Gasteiger partial charge in [-0.2, -0.15) is 0 Å². The second kappa shape index (κ2) is 8.57. The summed E-state index contributed by atoms with van der Waals surface area (Å²) in [5.41, 5.74) is 0. The molecule has 0 radical (unpaired) electrons. The van der Waals surface area contributed by atoms with Crippen molar-refractivity contribution in [2.45, 2.75) is 51.1 Å². The van der Waals surface area contributed by atoms with Gasteiger partial charge in [0.25, 0.3) is 0 Å². The van der Waals surface area contributed by atoms with Crippen LogP contribution in [0.15, 0.2) is 0 Å². The summed E-state index contributed by atoms with van der Waals surface area (Å²) >= 11 is 0. The molecule has 0 rings (SSSR count). The van der Waals surface area contributed by atoms with Gasteiger partial charge in [-0.1, -0.05) is 26.2 Å². The molecule has 116 valence electrons. The van der Waals surface area contributed by atoms with E-state index in [9.17, 15) is 0 Å². The molecule has 0 aliphatic rings. The second-order valence-electron chi connectivity index (χ2n) is 7.71. The van der Waals surface area contributed by atoms with Crippen molar-refractivity contribution in [3.05, 3.63) is 0 Å². The molecule has 0 saturated heterocycles. The Bertz CT molecular complexity index is 217. The predicted molar refractivity (Wildman–Crippen MR) is 94.1 cm³/mol. The van der Waals surface area contributed by atoms with Crippen molar-refractivity contribution in [1.82, 2.24) is 14.4 Å². The van der Waals surface area contributed by atoms with Crippen LogP contribution in [-0.4, -0.2) is 67.6 Å². The number of rotatable bonds is 10. The normalized spacial score (nSPS) is 13.6. The van der Waals surface area contributed by atoms with Crippen LogP contribution in [0.4, 0.5) is 0 Å². The van der Waals surface area contributed by atoms with E-state index in [4.69, 9.17) is 0 Å². The van der Waals surface area contributed by atoms with Crippen LogP contribution in [0.1, 0.15) is 12.8 Å². The lowest BCUT2D eigenvalue weighted by Gasteiger charge is -2.35. The number of nitrogens with one attached hydrogen (secondary N) is 1. The smallest absolute Gasteiger partial charge is 0.112 e. The van der Waals surface area contributed by atoms with E-state index >= 15 is 0 Å². The van der Waals surface area contributed by atoms with Crippen molar-refractivity contribution in [3.8, 4) is 0 Å². The molecule has 3 nitrogen and oxygen atoms in total. The molecule has 0 aromatic carbocycles. The van der Waals surface area contributed by atoms with Gasteiger partial charge in [-0.15, -0.1) is 0 Å². The Hall–Kier alpha value is 0.314. The molecular weight excluding hydrogens is 266 g/mol. The molecule has 0 aliphatic carbocycles. The zero-order valence-corrected chi connectivity index (χ0v) is 16.6. The van der Waals surface area contributed by atoms with Crippen molar-refractivity contribution < 1.29 is 0 Å². The summed E-state index contributed by atoms with van der Waals surface area (Å²) in [6, 6.07) is 2.80. The van der Waals surface area contributed by atoms with Crippen LogP contribution in [0.5, 0.6) is 0 Å². The first-order chi connectivity index (χ1) is 8.54. The van der Waals surface area contributed by atoms with Gasteiger partial charge in [0.1, 0.15) is 16.5 Å². The van der Waals surface area contributed by atoms with Crippen molar-refractivity contribution in [1.29, 1.82) is 0 Å². The minimum absolute atomic E-state index is 1.21. The molecule has 19 heavy (non-hydrogen) atoms. The Balaban J connectivity index is 4.06. The van der Waals surface area contributed by atoms with Crippen molar-refractivity contribution in [2.75, 3.05) is 41.3 Å². The Kier molecular flexibility index (Phi) is 8.71. The quantitative estimate of drug-likeness (QED) is 0.626. The van der Waals surface area contributed by atoms with E-state index in [0.717, 1.165) is 0 Å². The van der Waals surface area contributed by atoms with E-state index in [1.54, 1.807) is 0 Å². The zero-order chi connectivity index (χ0) is 15.1. The lowest BCUT2D eigenvalue weighted by molar-refractivity contribution is 0.407. The highest BCUT2D eigenvalue weighted by Gasteiger charge is 2.30. The van der Waals surface area contributed by atoms with Gasteiger partial charge in [-0.3, -0.25) is 0 Å². The molecular formula is C14H37N3Si2. The van der Waals surface area contributed by atoms with Gasteiger partial charge in [-0.05, 0) is 66.2 Å². The molecule has 0 heterocycles. The highest BCUT2D eigenvalue weighted by molar-refractivity contribution is 6.91. The molecule has 0 fully saturated rings. The highest BCUT2D eigenvalue weighted by Crippen LogP contribution is 2.16. The van der Waals surface area contributed by atoms with E-state index in [1.165, 1.54) is 38.0 Å². The number of hydrogen-bond donors (Lipinski definition) is 1. The van der Waals surface area contributed by atoms with E-state index in [1.807, 2.05) is 0 Å². The van der Waals surface area contributed by atoms with E-state index in [2.05, 4.69) is 68.8 Å². The molecule has 0 bridgehead atoms. The summed E-state index contributed by atoms with van der Waals surface area (Å²) in [6.45, 7) is 12.5. The molecule has 0 saturated carbocycles. The molecule has 0 spiro atoms. The first-order valence-corrected chi connectivity index (χ1v) is 14.0. The van der Waals surface area contributed by atoms with Gasteiger partial charge < -0.3 is 14.4 Å². The van der Waals surface area contributed by atoms with Crippen LogP contribution in [0.25, 0.3) is 0 Å². The third-order valence-corrected chi connectivity index (χ3v) is 12.1. The fourth-order valence-corrected chi connectivity index (χ4v) is 13.1. The van der Waals surface area contributed by atoms with Gasteiger partial charge in [0.2, 0.25) is 0 Å². The number of nitrogens with zero attached hydrogens (tertiary/aromatic N) is 2. The fourth-order valence-electron chi connectivity index (χ4n) is 2.72. The zero-order valence-electron chi connectivity index (χ0n) is 14.6. The van der Waals surface area contributed by atoms with E-state index in [0.29, 0.717) is 0 Å². The molecule has 5 heteroatoms. The first-order valence-electron chi connectivity index (χ1n) is 7.63. The average molecular weight is 304 g/mol. The maximum Gasteiger partial charge on any atom is 0.112 e. The Morgan fingerprint density at radius 1 is 0.684 bits per heavy atom. The number of hydrogen-bond acceptors (Lipinski definition) is 3. The van der Waals surface area contributed by atoms with Crippen LogP contribution in [-0.2, 0) is 0 Å². The van der Waals surface area contributed by atoms with Gasteiger partial charge in [0, 0.05) is 0 Å². The van der Waals surface area contributed by atoms with Crippen molar-refractivity contribution >= 4 is 16.5 Å². The highest BCUT2D eigenvalue weighted by atomic mass is 28.4. The minimum atomic E-state index is -1.21. The molecule has 0 aliphatic heterocycles. The van der Waals surface area contributed by atoms with Crippen molar-refractivity contribution in [2.24, 2.45) is 0 Å². The summed E-state index contributed by atoms with van der Waals surface area (Å²) in [6.07, 6.45) is 2.67. The van der Waals surface area contributed by atoms with Gasteiger partial charge in [0.15, 0.2) is 0 Å². The molecule has 1 N–H and O–H groups in total. The summed E-state index contributed by atoms with van der Waals surface area (Å²) in [5, 5.41) is 0. The van der Waals surface area contributed by atoms with Crippen LogP contribution >= 0.6 is 0 Å². The van der Waals surface area contributed by atoms with Crippen molar-refractivity contribution in [3.63, 3.8) is 0 Å². The van der Waals surface area contributed by atoms with E-state index < -0.39 is 16.5 Å². The summed E-state index contributed by atoms with van der Waals surface area (Å²) in [7, 11) is 6.25. The summed E-state index contributed by atoms with van der Waals surface area (Å²) in [5.74, 6) is 0. The Morgan fingerprint density at radius 3 is 1.26 bits per heavy atom. The third-order valence-electron chi connectivity index (χ3n) is 3.49. The van der Waals surface area contributed by atoms with E-state index in [-0.39, 0.29) is 0 Å². The molecule has 0 unspecified atom stereocenters. The standard InChI is InChI=1S/C14H37N3Si2/c1-16(2)11-9-13-18(5,6)15-19(7,8)14-10-12-17(3)4/h15H,9-14H2,1-8H3. The minimum Gasteiger partial charge on any atom is -0.359 e. The lowest BCUT2D eigenvalue weighted by atomic mass is 10.5. The van der Waals surface area contributed by atoms with Gasteiger partial charge in [0.05, 0.1) is 0 Å². The Labute approximate surface area is 123 Å². The Morgan fingerprint density at radius 2 is 1.00 bits per heavy atom. The lowest BCUT2D eigenvalue weighted by Crippen LogP contribution is -2.59. The molecule has 0 atom stereocenters.